The lowest BCUT2D eigenvalue weighted by atomic mass is 10.2. The van der Waals surface area contributed by atoms with Crippen molar-refractivity contribution in [3.63, 3.8) is 0 Å². The van der Waals surface area contributed by atoms with Crippen molar-refractivity contribution in [2.45, 2.75) is 5.09 Å². The molecule has 0 bridgehead atoms. The molecular weight excluding hydrogens is 216 g/mol. The van der Waals surface area contributed by atoms with E-state index < -0.39 is 9.84 Å². The van der Waals surface area contributed by atoms with Crippen LogP contribution in [0.1, 0.15) is 0 Å². The van der Waals surface area contributed by atoms with E-state index in [9.17, 15) is 13.2 Å². The maximum absolute atomic E-state index is 11.5. The molecule has 0 spiro atoms. The average molecular weight is 224 g/mol. The van der Waals surface area contributed by atoms with Crippen LogP contribution < -0.4 is 5.43 Å². The van der Waals surface area contributed by atoms with E-state index >= 15 is 0 Å². The summed E-state index contributed by atoms with van der Waals surface area (Å²) >= 11 is 0. The second-order valence-electron chi connectivity index (χ2n) is 3.20. The molecule has 1 aromatic heterocycles. The highest BCUT2D eigenvalue weighted by molar-refractivity contribution is 7.90. The zero-order valence-corrected chi connectivity index (χ0v) is 8.74. The first-order valence-corrected chi connectivity index (χ1v) is 6.10. The summed E-state index contributed by atoms with van der Waals surface area (Å²) in [5.74, 6) is 0. The van der Waals surface area contributed by atoms with Crippen LogP contribution in [0.2, 0.25) is 0 Å². The van der Waals surface area contributed by atoms with Gasteiger partial charge in [0.2, 0.25) is 14.9 Å². The second-order valence-corrected chi connectivity index (χ2v) is 5.14. The number of fused-ring (bicyclic) bond motifs is 1. The molecule has 15 heavy (non-hydrogen) atoms. The molecule has 0 saturated heterocycles. The minimum absolute atomic E-state index is 0.283. The molecule has 78 valence electrons. The van der Waals surface area contributed by atoms with Gasteiger partial charge in [0.25, 0.3) is 0 Å². The summed E-state index contributed by atoms with van der Waals surface area (Å²) in [7, 11) is -3.48. The van der Waals surface area contributed by atoms with E-state index in [1.165, 1.54) is 0 Å². The van der Waals surface area contributed by atoms with Crippen molar-refractivity contribution in [1.82, 2.24) is 0 Å². The fourth-order valence-corrected chi connectivity index (χ4v) is 1.83. The summed E-state index contributed by atoms with van der Waals surface area (Å²) in [6.07, 6.45) is 1.00. The summed E-state index contributed by atoms with van der Waals surface area (Å²) in [5.41, 5.74) is -0.0669. The number of sulfone groups is 1. The molecule has 2 aromatic rings. The largest absolute Gasteiger partial charge is 0.444 e. The normalized spacial score (nSPS) is 11.8. The lowest BCUT2D eigenvalue weighted by molar-refractivity contribution is 0.471. The molecule has 0 saturated carbocycles. The van der Waals surface area contributed by atoms with Crippen LogP contribution in [-0.2, 0) is 9.84 Å². The first kappa shape index (κ1) is 9.92. The van der Waals surface area contributed by atoms with E-state index in [4.69, 9.17) is 4.42 Å². The van der Waals surface area contributed by atoms with Crippen molar-refractivity contribution in [1.29, 1.82) is 0 Å². The van der Waals surface area contributed by atoms with Crippen molar-refractivity contribution < 1.29 is 12.8 Å². The van der Waals surface area contributed by atoms with Crippen molar-refractivity contribution in [3.8, 4) is 0 Å². The maximum Gasteiger partial charge on any atom is 0.222 e. The van der Waals surface area contributed by atoms with Gasteiger partial charge in [0.15, 0.2) is 5.43 Å². The van der Waals surface area contributed by atoms with Gasteiger partial charge in [0, 0.05) is 12.3 Å². The molecule has 0 N–H and O–H groups in total. The van der Waals surface area contributed by atoms with Crippen LogP contribution in [0.4, 0.5) is 0 Å². The monoisotopic (exact) mass is 224 g/mol. The van der Waals surface area contributed by atoms with Crippen molar-refractivity contribution >= 4 is 20.8 Å². The highest BCUT2D eigenvalue weighted by Crippen LogP contribution is 2.14. The zero-order valence-electron chi connectivity index (χ0n) is 7.93. The third-order valence-corrected chi connectivity index (χ3v) is 2.91. The van der Waals surface area contributed by atoms with Gasteiger partial charge in [0.05, 0.1) is 5.39 Å². The molecule has 0 radical (unpaired) electrons. The molecule has 0 unspecified atom stereocenters. The Hall–Kier alpha value is -1.62. The molecule has 0 fully saturated rings. The standard InChI is InChI=1S/C10H8O4S/c1-15(12,13)10-6-8(11)7-4-2-3-5-9(7)14-10/h2-6H,1H3. The Morgan fingerprint density at radius 1 is 1.20 bits per heavy atom. The Kier molecular flexibility index (Phi) is 2.12. The van der Waals surface area contributed by atoms with Gasteiger partial charge in [-0.25, -0.2) is 8.42 Å². The van der Waals surface area contributed by atoms with Crippen molar-refractivity contribution in [3.05, 3.63) is 40.6 Å². The fourth-order valence-electron chi connectivity index (χ4n) is 1.26. The number of hydrogen-bond donors (Lipinski definition) is 0. The van der Waals surface area contributed by atoms with Crippen LogP contribution in [0.15, 0.2) is 44.6 Å². The predicted molar refractivity (Wildman–Crippen MR) is 55.6 cm³/mol. The molecule has 1 heterocycles. The molecule has 0 aliphatic carbocycles. The van der Waals surface area contributed by atoms with Crippen LogP contribution >= 0.6 is 0 Å². The van der Waals surface area contributed by atoms with E-state index in [1.54, 1.807) is 24.3 Å². The molecule has 0 amide bonds. The number of rotatable bonds is 1. The van der Waals surface area contributed by atoms with Gasteiger partial charge in [-0.05, 0) is 12.1 Å². The van der Waals surface area contributed by atoms with E-state index in [2.05, 4.69) is 0 Å². The third kappa shape index (κ3) is 1.78. The van der Waals surface area contributed by atoms with Crippen LogP contribution in [-0.4, -0.2) is 14.7 Å². The topological polar surface area (TPSA) is 64.3 Å². The number of para-hydroxylation sites is 1. The van der Waals surface area contributed by atoms with Crippen LogP contribution in [0.5, 0.6) is 0 Å². The Morgan fingerprint density at radius 2 is 1.87 bits per heavy atom. The molecule has 0 atom stereocenters. The fraction of sp³-hybridized carbons (Fsp3) is 0.100. The summed E-state index contributed by atoms with van der Waals surface area (Å²) < 4.78 is 27.5. The second kappa shape index (κ2) is 3.20. The van der Waals surface area contributed by atoms with Gasteiger partial charge >= 0.3 is 0 Å². The lowest BCUT2D eigenvalue weighted by Crippen LogP contribution is -2.05. The summed E-state index contributed by atoms with van der Waals surface area (Å²) in [5, 5.41) is 0.0797. The number of hydrogen-bond acceptors (Lipinski definition) is 4. The van der Waals surface area contributed by atoms with Gasteiger partial charge in [0.1, 0.15) is 5.58 Å². The highest BCUT2D eigenvalue weighted by Gasteiger charge is 2.12. The van der Waals surface area contributed by atoms with Crippen LogP contribution in [0.3, 0.4) is 0 Å². The van der Waals surface area contributed by atoms with Gasteiger partial charge in [-0.1, -0.05) is 12.1 Å². The smallest absolute Gasteiger partial charge is 0.222 e. The van der Waals surface area contributed by atoms with Gasteiger partial charge in [-0.2, -0.15) is 0 Å². The first-order valence-electron chi connectivity index (χ1n) is 4.21. The van der Waals surface area contributed by atoms with E-state index in [1.807, 2.05) is 0 Å². The molecule has 5 heteroatoms. The minimum Gasteiger partial charge on any atom is -0.444 e. The lowest BCUT2D eigenvalue weighted by Gasteiger charge is -1.99. The zero-order chi connectivity index (χ0) is 11.1. The minimum atomic E-state index is -3.48. The molecule has 0 aliphatic heterocycles. The molecule has 2 rings (SSSR count). The van der Waals surface area contributed by atoms with Gasteiger partial charge in [-0.15, -0.1) is 0 Å². The predicted octanol–water partition coefficient (Wildman–Crippen LogP) is 1.20. The summed E-state index contributed by atoms with van der Waals surface area (Å²) in [6, 6.07) is 7.52. The molecule has 0 aliphatic rings. The maximum atomic E-state index is 11.5. The van der Waals surface area contributed by atoms with Crippen molar-refractivity contribution in [2.75, 3.05) is 6.26 Å². The Bertz CT molecular complexity index is 667. The van der Waals surface area contributed by atoms with E-state index in [-0.39, 0.29) is 16.1 Å². The van der Waals surface area contributed by atoms with E-state index in [0.717, 1.165) is 12.3 Å². The molecular formula is C10H8O4S. The summed E-state index contributed by atoms with van der Waals surface area (Å²) in [4.78, 5) is 11.5. The SMILES string of the molecule is CS(=O)(=O)c1cc(=O)c2ccccc2o1. The molecule has 1 aromatic carbocycles. The first-order chi connectivity index (χ1) is 6.98. The summed E-state index contributed by atoms with van der Waals surface area (Å²) in [6.45, 7) is 0. The van der Waals surface area contributed by atoms with E-state index in [0.29, 0.717) is 5.39 Å². The Morgan fingerprint density at radius 3 is 2.53 bits per heavy atom. The molecule has 4 nitrogen and oxygen atoms in total. The average Bonchev–Trinajstić information content (AvgIpc) is 2.16. The van der Waals surface area contributed by atoms with Crippen molar-refractivity contribution in [2.24, 2.45) is 0 Å². The Balaban J connectivity index is 2.91. The van der Waals surface area contributed by atoms with Gasteiger partial charge < -0.3 is 4.42 Å². The van der Waals surface area contributed by atoms with Crippen LogP contribution in [0, 0.1) is 0 Å². The van der Waals surface area contributed by atoms with Gasteiger partial charge in [-0.3, -0.25) is 4.79 Å². The highest BCUT2D eigenvalue weighted by atomic mass is 32.2. The van der Waals surface area contributed by atoms with Crippen LogP contribution in [0.25, 0.3) is 11.0 Å². The number of benzene rings is 1. The quantitative estimate of drug-likeness (QED) is 0.730. The third-order valence-electron chi connectivity index (χ3n) is 1.98. The Labute approximate surface area is 86.1 Å².